The third-order valence-corrected chi connectivity index (χ3v) is 8.04. The van der Waals surface area contributed by atoms with Gasteiger partial charge < -0.3 is 32.0 Å². The lowest BCUT2D eigenvalue weighted by Gasteiger charge is -2.10. The first-order valence-corrected chi connectivity index (χ1v) is 16.1. The van der Waals surface area contributed by atoms with Crippen LogP contribution in [-0.2, 0) is 14.3 Å². The van der Waals surface area contributed by atoms with E-state index in [0.717, 1.165) is 6.21 Å². The molecule has 0 spiro atoms. The summed E-state index contributed by atoms with van der Waals surface area (Å²) in [6.07, 6.45) is 2.06. The number of rotatable bonds is 13. The third kappa shape index (κ3) is 7.04. The highest BCUT2D eigenvalue weighted by Gasteiger charge is 2.27. The zero-order valence-corrected chi connectivity index (χ0v) is 29.2. The van der Waals surface area contributed by atoms with Gasteiger partial charge in [-0.1, -0.05) is 60.7 Å². The number of ketones is 1. The summed E-state index contributed by atoms with van der Waals surface area (Å²) in [5.41, 5.74) is 18.8. The Hall–Kier alpha value is -7.45. The van der Waals surface area contributed by atoms with Crippen molar-refractivity contribution >= 4 is 41.0 Å². The van der Waals surface area contributed by atoms with Crippen molar-refractivity contribution in [2.75, 3.05) is 45.8 Å². The number of benzene rings is 2. The van der Waals surface area contributed by atoms with Crippen LogP contribution in [0.3, 0.4) is 0 Å². The molecule has 8 N–H and O–H groups in total. The van der Waals surface area contributed by atoms with Crippen molar-refractivity contribution in [3.8, 4) is 34.2 Å². The number of nitrogen functional groups attached to an aromatic ring is 2. The Labute approximate surface area is 307 Å². The Bertz CT molecular complexity index is 2230. The van der Waals surface area contributed by atoms with Crippen LogP contribution in [0.1, 0.15) is 0 Å². The second-order valence-electron chi connectivity index (χ2n) is 11.3. The molecule has 0 saturated heterocycles. The number of hydrazine groups is 1. The Kier molecular flexibility index (Phi) is 10.7. The Morgan fingerprint density at radius 2 is 1.50 bits per heavy atom. The molecule has 0 saturated carbocycles. The highest BCUT2D eigenvalue weighted by atomic mass is 16.5. The molecule has 3 aromatic heterocycles. The fourth-order valence-corrected chi connectivity index (χ4v) is 5.31. The van der Waals surface area contributed by atoms with Crippen molar-refractivity contribution in [3.63, 3.8) is 0 Å². The van der Waals surface area contributed by atoms with E-state index in [9.17, 15) is 14.7 Å². The first-order valence-electron chi connectivity index (χ1n) is 16.1. The number of aliphatic hydroxyl groups excluding tert-OH is 1. The molecule has 0 atom stereocenters. The molecule has 20 nitrogen and oxygen atoms in total. The molecule has 1 aliphatic heterocycles. The molecular formula is C34H34N16O4. The molecule has 0 unspecified atom stereocenters. The van der Waals surface area contributed by atoms with Crippen LogP contribution >= 0.6 is 0 Å². The van der Waals surface area contributed by atoms with E-state index >= 15 is 0 Å². The first-order chi connectivity index (χ1) is 26.2. The van der Waals surface area contributed by atoms with E-state index in [2.05, 4.69) is 41.2 Å². The predicted molar refractivity (Wildman–Crippen MR) is 197 cm³/mol. The van der Waals surface area contributed by atoms with E-state index in [1.807, 2.05) is 48.5 Å². The number of esters is 1. The average Bonchev–Trinajstić information content (AvgIpc) is 3.86. The molecule has 0 bridgehead atoms. The lowest BCUT2D eigenvalue weighted by atomic mass is 10.1. The summed E-state index contributed by atoms with van der Waals surface area (Å²) in [6.45, 7) is -0.618. The molecule has 5 aromatic rings. The maximum atomic E-state index is 12.4. The number of aromatic nitrogens is 6. The van der Waals surface area contributed by atoms with Crippen LogP contribution in [0, 0.1) is 5.41 Å². The maximum Gasteiger partial charge on any atom is 0.339 e. The van der Waals surface area contributed by atoms with E-state index in [1.165, 1.54) is 29.8 Å². The number of hydrogen-bond acceptors (Lipinski definition) is 18. The van der Waals surface area contributed by atoms with Gasteiger partial charge in [-0.2, -0.15) is 19.6 Å². The molecular weight excluding hydrogens is 696 g/mol. The Balaban J connectivity index is 1.47. The number of ether oxygens (including phenoxy) is 1. The number of Topliss-reactive ketones (excluding diaryl/α,β-unsaturated/α-hetero) is 1. The normalized spacial score (nSPS) is 13.5. The van der Waals surface area contributed by atoms with Crippen molar-refractivity contribution in [2.24, 2.45) is 20.5 Å². The fourth-order valence-electron chi connectivity index (χ4n) is 5.31. The van der Waals surface area contributed by atoms with Crippen LogP contribution in [0.5, 0.6) is 0 Å². The Morgan fingerprint density at radius 3 is 2.00 bits per heavy atom. The van der Waals surface area contributed by atoms with Crippen molar-refractivity contribution in [1.82, 2.24) is 45.3 Å². The molecule has 0 radical (unpaired) electrons. The minimum atomic E-state index is -0.821. The summed E-state index contributed by atoms with van der Waals surface area (Å²) in [6, 6.07) is 19.8. The number of azo groups is 2. The lowest BCUT2D eigenvalue weighted by Crippen LogP contribution is -2.26. The zero-order valence-electron chi connectivity index (χ0n) is 29.2. The number of aliphatic hydroxyl groups is 1. The third-order valence-electron chi connectivity index (χ3n) is 8.04. The Morgan fingerprint density at radius 1 is 0.944 bits per heavy atom. The summed E-state index contributed by atoms with van der Waals surface area (Å²) < 4.78 is 7.61. The van der Waals surface area contributed by atoms with Crippen LogP contribution < -0.4 is 22.2 Å². The first kappa shape index (κ1) is 36.3. The van der Waals surface area contributed by atoms with E-state index < -0.39 is 18.4 Å². The lowest BCUT2D eigenvalue weighted by molar-refractivity contribution is -0.136. The van der Waals surface area contributed by atoms with Crippen LogP contribution in [-0.4, -0.2) is 92.0 Å². The minimum Gasteiger partial charge on any atom is -0.466 e. The standard InChI is InChI=1S/C34H34N16O4/c1-38-32(21(15-35)23(52)17-51)44-42-28-26(19-10-6-4-7-11-19)46-49(30(28)36)24-14-25(40-18-39-24)50-31(37)29(27(47-50)20-12-8-5-9-13-20)43-45-33-22(34(53)54-3)16-41-48(33)2/h4-15,18,35,38,41,51H,16-17,36-37H2,1-3H3/b32-21-,35-15?,44-42+,45-43+. The van der Waals surface area contributed by atoms with Gasteiger partial charge in [-0.3, -0.25) is 9.80 Å². The van der Waals surface area contributed by atoms with Crippen LogP contribution in [0.4, 0.5) is 23.0 Å². The SMILES string of the molecule is CNC(/N=N/c1c(-c2ccccc2)nn(-c2cc(-n3nc(-c4ccccc4)c(/N=N/C4=C(C(=O)OC)CNN4C)c3N)ncn2)c1N)=C(\C=N)C(=O)CO. The van der Waals surface area contributed by atoms with Crippen LogP contribution in [0.2, 0.25) is 0 Å². The largest absolute Gasteiger partial charge is 0.466 e. The number of nitrogens with one attached hydrogen (secondary N) is 3. The quantitative estimate of drug-likeness (QED) is 0.0440. The van der Waals surface area contributed by atoms with Crippen LogP contribution in [0.25, 0.3) is 34.2 Å². The van der Waals surface area contributed by atoms with Gasteiger partial charge >= 0.3 is 5.97 Å². The highest BCUT2D eigenvalue weighted by molar-refractivity contribution is 6.13. The van der Waals surface area contributed by atoms with E-state index in [-0.39, 0.29) is 64.0 Å². The number of hydrogen-bond donors (Lipinski definition) is 6. The topological polar surface area (TPSA) is 278 Å². The zero-order chi connectivity index (χ0) is 38.4. The molecule has 6 rings (SSSR count). The summed E-state index contributed by atoms with van der Waals surface area (Å²) in [5.74, 6) is -0.548. The smallest absolute Gasteiger partial charge is 0.339 e. The summed E-state index contributed by atoms with van der Waals surface area (Å²) >= 11 is 0. The molecule has 20 heteroatoms. The van der Waals surface area contributed by atoms with Gasteiger partial charge in [0.05, 0.1) is 24.8 Å². The van der Waals surface area contributed by atoms with E-state index in [0.29, 0.717) is 22.5 Å². The molecule has 4 heterocycles. The van der Waals surface area contributed by atoms with Crippen molar-refractivity contribution in [2.45, 2.75) is 0 Å². The molecule has 2 aromatic carbocycles. The van der Waals surface area contributed by atoms with Crippen LogP contribution in [0.15, 0.2) is 116 Å². The summed E-state index contributed by atoms with van der Waals surface area (Å²) in [7, 11) is 4.47. The number of carbonyl (C=O) groups is 2. The van der Waals surface area contributed by atoms with Gasteiger partial charge in [0.25, 0.3) is 0 Å². The summed E-state index contributed by atoms with van der Waals surface area (Å²) in [5, 5.41) is 48.1. The van der Waals surface area contributed by atoms with Gasteiger partial charge in [-0.15, -0.1) is 20.5 Å². The minimum absolute atomic E-state index is 0.0273. The molecule has 0 amide bonds. The molecule has 0 aliphatic carbocycles. The van der Waals surface area contributed by atoms with Gasteiger partial charge in [0.1, 0.15) is 24.3 Å². The fraction of sp³-hybridized carbons (Fsp3) is 0.147. The highest BCUT2D eigenvalue weighted by Crippen LogP contribution is 2.39. The number of carbonyl (C=O) groups excluding carboxylic acids is 2. The summed E-state index contributed by atoms with van der Waals surface area (Å²) in [4.78, 5) is 33.4. The maximum absolute atomic E-state index is 12.4. The number of anilines is 2. The number of nitrogens with two attached hydrogens (primary N) is 2. The van der Waals surface area contributed by atoms with Gasteiger partial charge in [0.2, 0.25) is 0 Å². The number of methoxy groups -OCH3 is 1. The predicted octanol–water partition coefficient (Wildman–Crippen LogP) is 2.99. The van der Waals surface area contributed by atoms with Gasteiger partial charge in [-0.25, -0.2) is 20.2 Å². The molecule has 54 heavy (non-hydrogen) atoms. The van der Waals surface area contributed by atoms with Crippen molar-refractivity contribution in [3.05, 3.63) is 95.8 Å². The molecule has 274 valence electrons. The van der Waals surface area contributed by atoms with Gasteiger partial charge in [0.15, 0.2) is 52.1 Å². The van der Waals surface area contributed by atoms with Gasteiger partial charge in [-0.05, 0) is 0 Å². The van der Waals surface area contributed by atoms with E-state index in [4.69, 9.17) is 31.8 Å². The molecule has 1 aliphatic rings. The second kappa shape index (κ2) is 15.8. The van der Waals surface area contributed by atoms with Crippen molar-refractivity contribution < 1.29 is 19.4 Å². The second-order valence-corrected chi connectivity index (χ2v) is 11.3. The monoisotopic (exact) mass is 730 g/mol. The van der Waals surface area contributed by atoms with Gasteiger partial charge in [0, 0.05) is 37.5 Å². The average molecular weight is 731 g/mol. The van der Waals surface area contributed by atoms with Crippen molar-refractivity contribution in [1.29, 1.82) is 5.41 Å². The number of nitrogens with zero attached hydrogens (tertiary/aromatic N) is 11. The molecule has 0 fully saturated rings. The van der Waals surface area contributed by atoms with E-state index in [1.54, 1.807) is 30.3 Å².